The molecule has 1 aliphatic heterocycles. The van der Waals surface area contributed by atoms with Crippen LogP contribution in [-0.4, -0.2) is 37.2 Å². The smallest absolute Gasteiger partial charge is 0.253 e. The Hall–Kier alpha value is -1.92. The first-order chi connectivity index (χ1) is 13.9. The molecule has 0 aromatic heterocycles. The van der Waals surface area contributed by atoms with Gasteiger partial charge < -0.3 is 20.1 Å². The van der Waals surface area contributed by atoms with Crippen LogP contribution in [0.15, 0.2) is 24.3 Å². The number of hydrogen-bond acceptors (Lipinski definition) is 4. The molecule has 6 heteroatoms. The van der Waals surface area contributed by atoms with E-state index in [0.29, 0.717) is 35.7 Å². The molecule has 4 atom stereocenters. The van der Waals surface area contributed by atoms with Crippen LogP contribution >= 0.6 is 0 Å². The molecule has 1 aromatic rings. The standard InChI is InChI=1S/C23H34N2O4/c1-15(2)19-11-6-16(3)13-21(19)29-14-22(26)24-17-7-9-18(10-8-17)25-23(27)20-5-4-12-28-20/h7-10,15-16,19-21H,4-6,11-14H2,1-3H3,(H,24,26)(H,25,27). The lowest BCUT2D eigenvalue weighted by Gasteiger charge is -2.37. The second-order valence-corrected chi connectivity index (χ2v) is 8.79. The van der Waals surface area contributed by atoms with Crippen molar-refractivity contribution in [2.24, 2.45) is 17.8 Å². The van der Waals surface area contributed by atoms with Crippen LogP contribution in [0.25, 0.3) is 0 Å². The van der Waals surface area contributed by atoms with Crippen molar-refractivity contribution < 1.29 is 19.1 Å². The maximum Gasteiger partial charge on any atom is 0.253 e. The molecule has 2 fully saturated rings. The largest absolute Gasteiger partial charge is 0.368 e. The fourth-order valence-corrected chi connectivity index (χ4v) is 4.33. The zero-order valence-electron chi connectivity index (χ0n) is 17.8. The average molecular weight is 403 g/mol. The van der Waals surface area contributed by atoms with Crippen LogP contribution in [0.1, 0.15) is 52.9 Å². The fraction of sp³-hybridized carbons (Fsp3) is 0.652. The maximum atomic E-state index is 12.3. The van der Waals surface area contributed by atoms with Crippen molar-refractivity contribution in [3.05, 3.63) is 24.3 Å². The van der Waals surface area contributed by atoms with Gasteiger partial charge in [0.2, 0.25) is 5.91 Å². The Morgan fingerprint density at radius 3 is 2.41 bits per heavy atom. The topological polar surface area (TPSA) is 76.7 Å². The van der Waals surface area contributed by atoms with Crippen molar-refractivity contribution in [3.8, 4) is 0 Å². The molecule has 2 aliphatic rings. The highest BCUT2D eigenvalue weighted by Gasteiger charge is 2.31. The predicted molar refractivity (Wildman–Crippen MR) is 114 cm³/mol. The molecule has 1 aromatic carbocycles. The molecule has 0 spiro atoms. The van der Waals surface area contributed by atoms with Gasteiger partial charge in [-0.25, -0.2) is 0 Å². The van der Waals surface area contributed by atoms with Gasteiger partial charge in [-0.1, -0.05) is 27.2 Å². The maximum absolute atomic E-state index is 12.3. The summed E-state index contributed by atoms with van der Waals surface area (Å²) in [5.41, 5.74) is 1.38. The van der Waals surface area contributed by atoms with E-state index in [1.807, 2.05) is 0 Å². The molecule has 29 heavy (non-hydrogen) atoms. The lowest BCUT2D eigenvalue weighted by atomic mass is 9.75. The molecule has 1 heterocycles. The molecule has 160 valence electrons. The summed E-state index contributed by atoms with van der Waals surface area (Å²) < 4.78 is 11.4. The number of carbonyl (C=O) groups is 2. The number of hydrogen-bond donors (Lipinski definition) is 2. The Bertz CT molecular complexity index is 683. The number of benzene rings is 1. The van der Waals surface area contributed by atoms with Crippen LogP contribution in [0.5, 0.6) is 0 Å². The molecule has 4 unspecified atom stereocenters. The zero-order valence-corrected chi connectivity index (χ0v) is 17.8. The van der Waals surface area contributed by atoms with E-state index >= 15 is 0 Å². The molecule has 0 bridgehead atoms. The third kappa shape index (κ3) is 6.28. The van der Waals surface area contributed by atoms with Crippen molar-refractivity contribution in [1.29, 1.82) is 0 Å². The molecular formula is C23H34N2O4. The fourth-order valence-electron chi connectivity index (χ4n) is 4.33. The predicted octanol–water partition coefficient (Wildman–Crippen LogP) is 4.22. The highest BCUT2D eigenvalue weighted by atomic mass is 16.5. The molecule has 2 N–H and O–H groups in total. The van der Waals surface area contributed by atoms with Crippen LogP contribution in [-0.2, 0) is 19.1 Å². The number of amides is 2. The second kappa shape index (κ2) is 10.2. The normalized spacial score (nSPS) is 27.0. The van der Waals surface area contributed by atoms with Gasteiger partial charge in [0.1, 0.15) is 12.7 Å². The van der Waals surface area contributed by atoms with Gasteiger partial charge in [-0.15, -0.1) is 0 Å². The molecule has 3 rings (SSSR count). The molecule has 6 nitrogen and oxygen atoms in total. The van der Waals surface area contributed by atoms with Crippen LogP contribution in [0, 0.1) is 17.8 Å². The molecule has 1 saturated carbocycles. The number of rotatable bonds is 7. The Morgan fingerprint density at radius 2 is 1.79 bits per heavy atom. The Kier molecular flexibility index (Phi) is 7.67. The summed E-state index contributed by atoms with van der Waals surface area (Å²) in [4.78, 5) is 24.4. The Balaban J connectivity index is 1.45. The first-order valence-electron chi connectivity index (χ1n) is 10.9. The summed E-state index contributed by atoms with van der Waals surface area (Å²) in [5, 5.41) is 5.72. The Morgan fingerprint density at radius 1 is 1.10 bits per heavy atom. The summed E-state index contributed by atoms with van der Waals surface area (Å²) >= 11 is 0. The van der Waals surface area contributed by atoms with Crippen molar-refractivity contribution in [1.82, 2.24) is 0 Å². The van der Waals surface area contributed by atoms with Crippen LogP contribution in [0.4, 0.5) is 11.4 Å². The average Bonchev–Trinajstić information content (AvgIpc) is 3.23. The number of anilines is 2. The number of carbonyl (C=O) groups excluding carboxylic acids is 2. The quantitative estimate of drug-likeness (QED) is 0.716. The highest BCUT2D eigenvalue weighted by Crippen LogP contribution is 2.35. The van der Waals surface area contributed by atoms with E-state index in [9.17, 15) is 9.59 Å². The lowest BCUT2D eigenvalue weighted by molar-refractivity contribution is -0.126. The summed E-state index contributed by atoms with van der Waals surface area (Å²) in [7, 11) is 0. The van der Waals surface area contributed by atoms with Gasteiger partial charge in [0.25, 0.3) is 5.91 Å². The van der Waals surface area contributed by atoms with Crippen molar-refractivity contribution in [2.75, 3.05) is 23.8 Å². The minimum atomic E-state index is -0.358. The molecule has 1 saturated heterocycles. The minimum Gasteiger partial charge on any atom is -0.368 e. The SMILES string of the molecule is CC1CCC(C(C)C)C(OCC(=O)Nc2ccc(NC(=O)C3CCCO3)cc2)C1. The van der Waals surface area contributed by atoms with Gasteiger partial charge in [0.15, 0.2) is 0 Å². The van der Waals surface area contributed by atoms with Gasteiger partial charge in [0.05, 0.1) is 6.10 Å². The van der Waals surface area contributed by atoms with E-state index in [4.69, 9.17) is 9.47 Å². The molecular weight excluding hydrogens is 368 g/mol. The second-order valence-electron chi connectivity index (χ2n) is 8.79. The van der Waals surface area contributed by atoms with E-state index in [-0.39, 0.29) is 30.6 Å². The summed E-state index contributed by atoms with van der Waals surface area (Å²) in [6.45, 7) is 7.43. The third-order valence-electron chi connectivity index (χ3n) is 6.05. The first kappa shape index (κ1) is 21.8. The van der Waals surface area contributed by atoms with Crippen LogP contribution in [0.2, 0.25) is 0 Å². The summed E-state index contributed by atoms with van der Waals surface area (Å²) in [5.74, 6) is 1.46. The minimum absolute atomic E-state index is 0.0676. The van der Waals surface area contributed by atoms with E-state index in [2.05, 4.69) is 31.4 Å². The van der Waals surface area contributed by atoms with Crippen molar-refractivity contribution >= 4 is 23.2 Å². The molecule has 1 aliphatic carbocycles. The Labute approximate surface area is 173 Å². The number of nitrogens with one attached hydrogen (secondary N) is 2. The zero-order chi connectivity index (χ0) is 20.8. The van der Waals surface area contributed by atoms with Crippen molar-refractivity contribution in [3.63, 3.8) is 0 Å². The van der Waals surface area contributed by atoms with Gasteiger partial charge >= 0.3 is 0 Å². The van der Waals surface area contributed by atoms with E-state index in [1.54, 1.807) is 24.3 Å². The van der Waals surface area contributed by atoms with Gasteiger partial charge in [-0.2, -0.15) is 0 Å². The summed E-state index contributed by atoms with van der Waals surface area (Å²) in [6, 6.07) is 7.12. The van der Waals surface area contributed by atoms with Gasteiger partial charge in [-0.3, -0.25) is 9.59 Å². The third-order valence-corrected chi connectivity index (χ3v) is 6.05. The monoisotopic (exact) mass is 402 g/mol. The lowest BCUT2D eigenvalue weighted by Crippen LogP contribution is -2.36. The van der Waals surface area contributed by atoms with E-state index in [1.165, 1.54) is 12.8 Å². The van der Waals surface area contributed by atoms with Gasteiger partial charge in [0, 0.05) is 18.0 Å². The van der Waals surface area contributed by atoms with Crippen LogP contribution < -0.4 is 10.6 Å². The van der Waals surface area contributed by atoms with E-state index < -0.39 is 0 Å². The highest BCUT2D eigenvalue weighted by molar-refractivity contribution is 5.95. The molecule has 2 amide bonds. The summed E-state index contributed by atoms with van der Waals surface area (Å²) in [6.07, 6.45) is 4.91. The van der Waals surface area contributed by atoms with Crippen LogP contribution in [0.3, 0.4) is 0 Å². The molecule has 0 radical (unpaired) electrons. The first-order valence-corrected chi connectivity index (χ1v) is 10.9. The van der Waals surface area contributed by atoms with Gasteiger partial charge in [-0.05, 0) is 67.7 Å². The van der Waals surface area contributed by atoms with E-state index in [0.717, 1.165) is 19.3 Å². The van der Waals surface area contributed by atoms with Crippen molar-refractivity contribution in [2.45, 2.75) is 65.1 Å². The number of ether oxygens (including phenoxy) is 2.